The lowest BCUT2D eigenvalue weighted by Gasteiger charge is -2.10. The van der Waals surface area contributed by atoms with Crippen molar-refractivity contribution >= 4 is 45.0 Å². The van der Waals surface area contributed by atoms with E-state index in [-0.39, 0.29) is 11.2 Å². The molecular formula is C12H14N4OS2. The van der Waals surface area contributed by atoms with Gasteiger partial charge in [-0.2, -0.15) is 0 Å². The van der Waals surface area contributed by atoms with Crippen molar-refractivity contribution in [3.63, 3.8) is 0 Å². The summed E-state index contributed by atoms with van der Waals surface area (Å²) in [5, 5.41) is 6.14. The Balaban J connectivity index is 1.74. The molecule has 7 heteroatoms. The van der Waals surface area contributed by atoms with Crippen LogP contribution in [0.5, 0.6) is 0 Å². The molecule has 2 aromatic rings. The van der Waals surface area contributed by atoms with Gasteiger partial charge in [0, 0.05) is 6.04 Å². The standard InChI is InChI=1S/C12H14N4OS2/c1-6(10(17)14-7-2-3-7)19-12-15-9(13)8-4-5-18-11(8)16-12/h4-7H,2-3H2,1H3,(H,14,17)(H2,13,15,16). The van der Waals surface area contributed by atoms with Gasteiger partial charge in [0.05, 0.1) is 10.6 Å². The second-order valence-electron chi connectivity index (χ2n) is 4.57. The highest BCUT2D eigenvalue weighted by atomic mass is 32.2. The third-order valence-corrected chi connectivity index (χ3v) is 4.68. The Morgan fingerprint density at radius 3 is 3.11 bits per heavy atom. The highest BCUT2D eigenvalue weighted by Gasteiger charge is 2.26. The minimum Gasteiger partial charge on any atom is -0.383 e. The number of fused-ring (bicyclic) bond motifs is 1. The molecule has 1 saturated carbocycles. The SMILES string of the molecule is CC(Sc1nc(N)c2ccsc2n1)C(=O)NC1CC1. The Bertz CT molecular complexity index is 623. The number of hydrogen-bond donors (Lipinski definition) is 2. The number of aromatic nitrogens is 2. The lowest BCUT2D eigenvalue weighted by atomic mass is 10.4. The van der Waals surface area contributed by atoms with E-state index in [1.165, 1.54) is 23.1 Å². The zero-order valence-corrected chi connectivity index (χ0v) is 12.1. The van der Waals surface area contributed by atoms with E-state index in [9.17, 15) is 4.79 Å². The second kappa shape index (κ2) is 4.97. The van der Waals surface area contributed by atoms with E-state index in [1.54, 1.807) is 0 Å². The number of carbonyl (C=O) groups excluding carboxylic acids is 1. The molecule has 1 atom stereocenters. The first-order valence-electron chi connectivity index (χ1n) is 6.11. The Labute approximate surface area is 119 Å². The minimum atomic E-state index is -0.211. The molecule has 1 amide bonds. The van der Waals surface area contributed by atoms with Crippen molar-refractivity contribution in [3.05, 3.63) is 11.4 Å². The molecule has 2 heterocycles. The molecule has 19 heavy (non-hydrogen) atoms. The average Bonchev–Trinajstić information content (AvgIpc) is 3.04. The number of nitrogens with two attached hydrogens (primary N) is 1. The molecule has 0 aliphatic heterocycles. The molecule has 3 rings (SSSR count). The van der Waals surface area contributed by atoms with E-state index in [0.29, 0.717) is 17.0 Å². The predicted molar refractivity (Wildman–Crippen MR) is 78.3 cm³/mol. The van der Waals surface area contributed by atoms with E-state index in [2.05, 4.69) is 15.3 Å². The van der Waals surface area contributed by atoms with Crippen molar-refractivity contribution in [2.45, 2.75) is 36.2 Å². The number of rotatable bonds is 4. The van der Waals surface area contributed by atoms with E-state index >= 15 is 0 Å². The highest BCUT2D eigenvalue weighted by Crippen LogP contribution is 2.28. The Morgan fingerprint density at radius 2 is 2.37 bits per heavy atom. The van der Waals surface area contributed by atoms with Crippen LogP contribution in [0.15, 0.2) is 16.6 Å². The Hall–Kier alpha value is -1.34. The van der Waals surface area contributed by atoms with Crippen LogP contribution in [-0.4, -0.2) is 27.2 Å². The van der Waals surface area contributed by atoms with Crippen LogP contribution < -0.4 is 11.1 Å². The maximum absolute atomic E-state index is 11.9. The van der Waals surface area contributed by atoms with E-state index in [0.717, 1.165) is 23.1 Å². The summed E-state index contributed by atoms with van der Waals surface area (Å²) in [4.78, 5) is 21.4. The van der Waals surface area contributed by atoms with E-state index < -0.39 is 0 Å². The van der Waals surface area contributed by atoms with Gasteiger partial charge in [0.15, 0.2) is 5.16 Å². The molecule has 2 aromatic heterocycles. The van der Waals surface area contributed by atoms with Crippen LogP contribution >= 0.6 is 23.1 Å². The molecule has 100 valence electrons. The molecule has 5 nitrogen and oxygen atoms in total. The lowest BCUT2D eigenvalue weighted by molar-refractivity contribution is -0.120. The van der Waals surface area contributed by atoms with Crippen LogP contribution in [0.4, 0.5) is 5.82 Å². The summed E-state index contributed by atoms with van der Waals surface area (Å²) in [5.74, 6) is 0.518. The molecule has 1 aliphatic carbocycles. The molecule has 0 radical (unpaired) electrons. The van der Waals surface area contributed by atoms with Crippen molar-refractivity contribution in [2.75, 3.05) is 5.73 Å². The van der Waals surface area contributed by atoms with Crippen molar-refractivity contribution in [1.29, 1.82) is 0 Å². The smallest absolute Gasteiger partial charge is 0.233 e. The number of hydrogen-bond acceptors (Lipinski definition) is 6. The maximum Gasteiger partial charge on any atom is 0.233 e. The van der Waals surface area contributed by atoms with Crippen LogP contribution in [0.2, 0.25) is 0 Å². The Kier molecular flexibility index (Phi) is 3.32. The zero-order chi connectivity index (χ0) is 13.4. The third kappa shape index (κ3) is 2.82. The summed E-state index contributed by atoms with van der Waals surface area (Å²) in [6.45, 7) is 1.86. The number of thiophene rings is 1. The maximum atomic E-state index is 11.9. The molecule has 0 aromatic carbocycles. The molecule has 1 fully saturated rings. The summed E-state index contributed by atoms with van der Waals surface area (Å²) in [6.07, 6.45) is 2.18. The van der Waals surface area contributed by atoms with Gasteiger partial charge in [0.1, 0.15) is 10.6 Å². The molecule has 3 N–H and O–H groups in total. The van der Waals surface area contributed by atoms with Gasteiger partial charge in [0.25, 0.3) is 0 Å². The van der Waals surface area contributed by atoms with E-state index in [1.807, 2.05) is 18.4 Å². The quantitative estimate of drug-likeness (QED) is 0.666. The summed E-state index contributed by atoms with van der Waals surface area (Å²) < 4.78 is 0. The van der Waals surface area contributed by atoms with Crippen molar-refractivity contribution in [2.24, 2.45) is 0 Å². The van der Waals surface area contributed by atoms with Gasteiger partial charge in [-0.1, -0.05) is 11.8 Å². The fourth-order valence-corrected chi connectivity index (χ4v) is 3.28. The molecular weight excluding hydrogens is 280 g/mol. The monoisotopic (exact) mass is 294 g/mol. The van der Waals surface area contributed by atoms with Gasteiger partial charge in [0.2, 0.25) is 5.91 Å². The van der Waals surface area contributed by atoms with Crippen molar-refractivity contribution in [1.82, 2.24) is 15.3 Å². The molecule has 0 spiro atoms. The lowest BCUT2D eigenvalue weighted by Crippen LogP contribution is -2.32. The molecule has 1 aliphatic rings. The number of amides is 1. The van der Waals surface area contributed by atoms with Gasteiger partial charge < -0.3 is 11.1 Å². The summed E-state index contributed by atoms with van der Waals surface area (Å²) in [7, 11) is 0. The van der Waals surface area contributed by atoms with Crippen LogP contribution in [-0.2, 0) is 4.79 Å². The van der Waals surface area contributed by atoms with Crippen LogP contribution in [0, 0.1) is 0 Å². The van der Waals surface area contributed by atoms with Crippen molar-refractivity contribution in [3.8, 4) is 0 Å². The predicted octanol–water partition coefficient (Wildman–Crippen LogP) is 2.03. The van der Waals surface area contributed by atoms with Gasteiger partial charge >= 0.3 is 0 Å². The number of thioether (sulfide) groups is 1. The second-order valence-corrected chi connectivity index (χ2v) is 6.78. The molecule has 0 bridgehead atoms. The van der Waals surface area contributed by atoms with Gasteiger partial charge in [-0.15, -0.1) is 11.3 Å². The van der Waals surface area contributed by atoms with Gasteiger partial charge in [-0.25, -0.2) is 9.97 Å². The first kappa shape index (κ1) is 12.7. The number of carbonyl (C=O) groups is 1. The van der Waals surface area contributed by atoms with Crippen molar-refractivity contribution < 1.29 is 4.79 Å². The minimum absolute atomic E-state index is 0.0425. The first-order valence-corrected chi connectivity index (χ1v) is 7.87. The average molecular weight is 294 g/mol. The Morgan fingerprint density at radius 1 is 1.58 bits per heavy atom. The van der Waals surface area contributed by atoms with Gasteiger partial charge in [-0.05, 0) is 31.2 Å². The normalized spacial score (nSPS) is 16.5. The number of anilines is 1. The fourth-order valence-electron chi connectivity index (χ4n) is 1.67. The van der Waals surface area contributed by atoms with Crippen LogP contribution in [0.25, 0.3) is 10.2 Å². The van der Waals surface area contributed by atoms with Crippen LogP contribution in [0.1, 0.15) is 19.8 Å². The largest absolute Gasteiger partial charge is 0.383 e. The molecule has 0 saturated heterocycles. The topological polar surface area (TPSA) is 80.9 Å². The van der Waals surface area contributed by atoms with E-state index in [4.69, 9.17) is 5.73 Å². The third-order valence-electron chi connectivity index (χ3n) is 2.91. The molecule has 1 unspecified atom stereocenters. The summed E-state index contributed by atoms with van der Waals surface area (Å²) >= 11 is 2.87. The van der Waals surface area contributed by atoms with Crippen LogP contribution in [0.3, 0.4) is 0 Å². The first-order chi connectivity index (χ1) is 9.13. The highest BCUT2D eigenvalue weighted by molar-refractivity contribution is 8.00. The summed E-state index contributed by atoms with van der Waals surface area (Å²) in [6, 6.07) is 2.29. The summed E-state index contributed by atoms with van der Waals surface area (Å²) in [5.41, 5.74) is 5.89. The van der Waals surface area contributed by atoms with Gasteiger partial charge in [-0.3, -0.25) is 4.79 Å². The number of nitrogen functional groups attached to an aromatic ring is 1. The fraction of sp³-hybridized carbons (Fsp3) is 0.417. The number of nitrogens with one attached hydrogen (secondary N) is 1. The number of nitrogens with zero attached hydrogens (tertiary/aromatic N) is 2. The zero-order valence-electron chi connectivity index (χ0n) is 10.4.